The van der Waals surface area contributed by atoms with E-state index in [4.69, 9.17) is 0 Å². The van der Waals surface area contributed by atoms with Gasteiger partial charge in [-0.15, -0.1) is 11.3 Å². The maximum atomic E-state index is 11.9. The molecular weight excluding hydrogens is 260 g/mol. The second kappa shape index (κ2) is 5.40. The number of fused-ring (bicyclic) bond motifs is 1. The number of likely N-dealkylation sites (N-methyl/N-ethyl adjacent to an activating group) is 1. The van der Waals surface area contributed by atoms with Crippen molar-refractivity contribution in [1.82, 2.24) is 19.6 Å². The molecule has 0 aromatic carbocycles. The van der Waals surface area contributed by atoms with Crippen molar-refractivity contribution in [1.29, 1.82) is 0 Å². The van der Waals surface area contributed by atoms with Crippen molar-refractivity contribution in [3.8, 4) is 0 Å². The van der Waals surface area contributed by atoms with Crippen LogP contribution >= 0.6 is 11.3 Å². The molecule has 1 aliphatic rings. The Morgan fingerprint density at radius 2 is 2.53 bits per heavy atom. The fraction of sp³-hybridized carbons (Fsp3) is 0.538. The molecule has 0 aliphatic carbocycles. The van der Waals surface area contributed by atoms with Crippen LogP contribution in [-0.2, 0) is 6.54 Å². The summed E-state index contributed by atoms with van der Waals surface area (Å²) in [7, 11) is 2.08. The van der Waals surface area contributed by atoms with Crippen LogP contribution in [0.1, 0.15) is 18.5 Å². The average molecular weight is 278 g/mol. The summed E-state index contributed by atoms with van der Waals surface area (Å²) < 4.78 is 1.59. The van der Waals surface area contributed by atoms with Crippen LogP contribution < -0.4 is 10.9 Å². The Morgan fingerprint density at radius 3 is 3.32 bits per heavy atom. The zero-order valence-electron chi connectivity index (χ0n) is 11.0. The average Bonchev–Trinajstić information content (AvgIpc) is 2.99. The van der Waals surface area contributed by atoms with Gasteiger partial charge in [-0.05, 0) is 26.4 Å². The van der Waals surface area contributed by atoms with E-state index in [0.29, 0.717) is 6.04 Å². The molecule has 5 nitrogen and oxygen atoms in total. The lowest BCUT2D eigenvalue weighted by atomic mass is 10.2. The number of hydrogen-bond donors (Lipinski definition) is 1. The molecule has 3 heterocycles. The van der Waals surface area contributed by atoms with E-state index in [1.165, 1.54) is 24.2 Å². The second-order valence-corrected chi connectivity index (χ2v) is 6.00. The van der Waals surface area contributed by atoms with Crippen LogP contribution in [0.4, 0.5) is 0 Å². The van der Waals surface area contributed by atoms with Crippen molar-refractivity contribution in [2.24, 2.45) is 0 Å². The summed E-state index contributed by atoms with van der Waals surface area (Å²) in [6, 6.07) is 2.22. The van der Waals surface area contributed by atoms with E-state index in [9.17, 15) is 4.79 Å². The number of hydrogen-bond acceptors (Lipinski definition) is 5. The van der Waals surface area contributed by atoms with Crippen LogP contribution in [0.15, 0.2) is 22.4 Å². The third kappa shape index (κ3) is 2.86. The molecule has 0 amide bonds. The van der Waals surface area contributed by atoms with Gasteiger partial charge >= 0.3 is 0 Å². The van der Waals surface area contributed by atoms with E-state index < -0.39 is 0 Å². The lowest BCUT2D eigenvalue weighted by Gasteiger charge is -2.20. The predicted octanol–water partition coefficient (Wildman–Crippen LogP) is 0.940. The molecule has 0 radical (unpaired) electrons. The van der Waals surface area contributed by atoms with Gasteiger partial charge in [-0.25, -0.2) is 4.98 Å². The van der Waals surface area contributed by atoms with Gasteiger partial charge < -0.3 is 5.32 Å². The normalized spacial score (nSPS) is 19.6. The molecule has 3 rings (SSSR count). The maximum Gasteiger partial charge on any atom is 0.258 e. The molecule has 2 aromatic rings. The largest absolute Gasteiger partial charge is 0.313 e. The van der Waals surface area contributed by atoms with Gasteiger partial charge in [-0.3, -0.25) is 14.1 Å². The topological polar surface area (TPSA) is 49.6 Å². The highest BCUT2D eigenvalue weighted by molar-refractivity contribution is 7.15. The first kappa shape index (κ1) is 12.8. The third-order valence-electron chi connectivity index (χ3n) is 3.48. The molecule has 6 heteroatoms. The van der Waals surface area contributed by atoms with Gasteiger partial charge in [0.1, 0.15) is 0 Å². The summed E-state index contributed by atoms with van der Waals surface area (Å²) in [5.41, 5.74) is 0.863. The standard InChI is InChI=1S/C13H18N4OS/c1-16(8-10-3-2-4-14-10)9-11-7-12(18)17-5-6-19-13(17)15-11/h5-7,10,14H,2-4,8-9H2,1H3. The highest BCUT2D eigenvalue weighted by atomic mass is 32.1. The summed E-state index contributed by atoms with van der Waals surface area (Å²) >= 11 is 1.50. The van der Waals surface area contributed by atoms with E-state index in [0.717, 1.165) is 30.3 Å². The third-order valence-corrected chi connectivity index (χ3v) is 4.24. The van der Waals surface area contributed by atoms with Crippen LogP contribution in [0.3, 0.4) is 0 Å². The molecule has 1 fully saturated rings. The Labute approximate surface area is 115 Å². The number of nitrogens with one attached hydrogen (secondary N) is 1. The fourth-order valence-electron chi connectivity index (χ4n) is 2.60. The summed E-state index contributed by atoms with van der Waals surface area (Å²) in [5, 5.41) is 5.37. The molecule has 1 unspecified atom stereocenters. The van der Waals surface area contributed by atoms with Gasteiger partial charge in [0.05, 0.1) is 5.69 Å². The van der Waals surface area contributed by atoms with Crippen molar-refractivity contribution in [2.75, 3.05) is 20.1 Å². The van der Waals surface area contributed by atoms with Crippen LogP contribution in [-0.4, -0.2) is 40.5 Å². The van der Waals surface area contributed by atoms with Gasteiger partial charge in [0.15, 0.2) is 4.96 Å². The van der Waals surface area contributed by atoms with Crippen LogP contribution in [0.5, 0.6) is 0 Å². The van der Waals surface area contributed by atoms with Crippen molar-refractivity contribution in [3.05, 3.63) is 33.7 Å². The molecule has 1 aliphatic heterocycles. The fourth-order valence-corrected chi connectivity index (χ4v) is 3.34. The van der Waals surface area contributed by atoms with E-state index in [1.54, 1.807) is 16.7 Å². The van der Waals surface area contributed by atoms with Gasteiger partial charge in [-0.1, -0.05) is 0 Å². The van der Waals surface area contributed by atoms with Gasteiger partial charge in [-0.2, -0.15) is 0 Å². The Morgan fingerprint density at radius 1 is 1.63 bits per heavy atom. The molecule has 1 N–H and O–H groups in total. The first-order chi connectivity index (χ1) is 9.22. The molecule has 1 atom stereocenters. The number of nitrogens with zero attached hydrogens (tertiary/aromatic N) is 3. The molecule has 2 aromatic heterocycles. The summed E-state index contributed by atoms with van der Waals surface area (Å²) in [6.07, 6.45) is 4.27. The maximum absolute atomic E-state index is 11.9. The van der Waals surface area contributed by atoms with Crippen LogP contribution in [0.2, 0.25) is 0 Å². The summed E-state index contributed by atoms with van der Waals surface area (Å²) in [5.74, 6) is 0. The molecular formula is C13H18N4OS. The number of thiazole rings is 1. The molecule has 0 saturated carbocycles. The minimum atomic E-state index is 0.00800. The first-order valence-electron chi connectivity index (χ1n) is 6.60. The Hall–Kier alpha value is -1.24. The molecule has 1 saturated heterocycles. The summed E-state index contributed by atoms with van der Waals surface area (Å²) in [4.78, 5) is 19.4. The monoisotopic (exact) mass is 278 g/mol. The van der Waals surface area contributed by atoms with E-state index in [-0.39, 0.29) is 5.56 Å². The SMILES string of the molecule is CN(Cc1cc(=O)n2ccsc2n1)CC1CCCN1. The predicted molar refractivity (Wildman–Crippen MR) is 76.7 cm³/mol. The zero-order chi connectivity index (χ0) is 13.2. The number of rotatable bonds is 4. The zero-order valence-corrected chi connectivity index (χ0v) is 11.8. The Kier molecular flexibility index (Phi) is 3.63. The van der Waals surface area contributed by atoms with Gasteiger partial charge in [0, 0.05) is 36.8 Å². The van der Waals surface area contributed by atoms with Crippen molar-refractivity contribution in [2.45, 2.75) is 25.4 Å². The minimum absolute atomic E-state index is 0.00800. The van der Waals surface area contributed by atoms with E-state index in [1.807, 2.05) is 5.38 Å². The molecule has 19 heavy (non-hydrogen) atoms. The summed E-state index contributed by atoms with van der Waals surface area (Å²) in [6.45, 7) is 2.85. The second-order valence-electron chi connectivity index (χ2n) is 5.13. The van der Waals surface area contributed by atoms with Crippen LogP contribution in [0, 0.1) is 0 Å². The highest BCUT2D eigenvalue weighted by Gasteiger charge is 2.16. The lowest BCUT2D eigenvalue weighted by molar-refractivity contribution is 0.290. The smallest absolute Gasteiger partial charge is 0.258 e. The number of aromatic nitrogens is 2. The quantitative estimate of drug-likeness (QED) is 0.904. The molecule has 0 spiro atoms. The molecule has 0 bridgehead atoms. The minimum Gasteiger partial charge on any atom is -0.313 e. The lowest BCUT2D eigenvalue weighted by Crippen LogP contribution is -2.35. The first-order valence-corrected chi connectivity index (χ1v) is 7.48. The van der Waals surface area contributed by atoms with Gasteiger partial charge in [0.2, 0.25) is 0 Å². The van der Waals surface area contributed by atoms with E-state index >= 15 is 0 Å². The Bertz CT molecular complexity index is 614. The Balaban J connectivity index is 1.71. The molecule has 102 valence electrons. The highest BCUT2D eigenvalue weighted by Crippen LogP contribution is 2.10. The van der Waals surface area contributed by atoms with Crippen molar-refractivity contribution >= 4 is 16.3 Å². The van der Waals surface area contributed by atoms with Crippen LogP contribution in [0.25, 0.3) is 4.96 Å². The van der Waals surface area contributed by atoms with Crippen molar-refractivity contribution < 1.29 is 0 Å². The van der Waals surface area contributed by atoms with Gasteiger partial charge in [0.25, 0.3) is 5.56 Å². The van der Waals surface area contributed by atoms with E-state index in [2.05, 4.69) is 22.2 Å². The van der Waals surface area contributed by atoms with Crippen molar-refractivity contribution in [3.63, 3.8) is 0 Å².